The summed E-state index contributed by atoms with van der Waals surface area (Å²) in [7, 11) is 0. The Morgan fingerprint density at radius 1 is 1.38 bits per heavy atom. The van der Waals surface area contributed by atoms with E-state index in [1.165, 1.54) is 49.9 Å². The maximum atomic E-state index is 5.88. The fraction of sp³-hybridized carbons (Fsp3) is 0.733. The molecule has 0 aliphatic carbocycles. The fourth-order valence-corrected chi connectivity index (χ4v) is 3.77. The van der Waals surface area contributed by atoms with E-state index in [-0.39, 0.29) is 0 Å². The van der Waals surface area contributed by atoms with Crippen molar-refractivity contribution in [2.45, 2.75) is 51.5 Å². The number of hydrogen-bond donors (Lipinski definition) is 2. The highest BCUT2D eigenvalue weighted by Crippen LogP contribution is 2.36. The van der Waals surface area contributed by atoms with Crippen molar-refractivity contribution < 1.29 is 0 Å². The lowest BCUT2D eigenvalue weighted by atomic mass is 9.95. The van der Waals surface area contributed by atoms with Crippen molar-refractivity contribution in [2.24, 2.45) is 5.73 Å². The minimum absolute atomic E-state index is 0.339. The van der Waals surface area contributed by atoms with Crippen molar-refractivity contribution in [1.29, 1.82) is 0 Å². The Hall–Kier alpha value is -1.14. The Morgan fingerprint density at radius 2 is 2.24 bits per heavy atom. The van der Waals surface area contributed by atoms with E-state index in [1.807, 2.05) is 0 Å². The second-order valence-corrected chi connectivity index (χ2v) is 6.40. The van der Waals surface area contributed by atoms with E-state index in [4.69, 9.17) is 23.1 Å². The third-order valence-corrected chi connectivity index (χ3v) is 4.88. The molecule has 1 aromatic heterocycles. The summed E-state index contributed by atoms with van der Waals surface area (Å²) in [6, 6.07) is 0.424. The quantitative estimate of drug-likeness (QED) is 0.821. The van der Waals surface area contributed by atoms with Gasteiger partial charge < -0.3 is 11.1 Å². The van der Waals surface area contributed by atoms with Gasteiger partial charge in [-0.2, -0.15) is 9.78 Å². The summed E-state index contributed by atoms with van der Waals surface area (Å²) in [5.74, 6) is 1.04. The van der Waals surface area contributed by atoms with Crippen LogP contribution in [-0.4, -0.2) is 39.4 Å². The number of anilines is 1. The van der Waals surface area contributed by atoms with E-state index in [9.17, 15) is 0 Å². The second-order valence-electron chi connectivity index (χ2n) is 5.99. The highest BCUT2D eigenvalue weighted by Gasteiger charge is 2.30. The minimum atomic E-state index is 0.339. The zero-order chi connectivity index (χ0) is 14.8. The zero-order valence-electron chi connectivity index (χ0n) is 12.8. The molecule has 0 bridgehead atoms. The Morgan fingerprint density at radius 3 is 3.00 bits per heavy atom. The molecule has 3 heterocycles. The lowest BCUT2D eigenvalue weighted by molar-refractivity contribution is 0.153. The molecule has 3 rings (SSSR count). The molecule has 3 N–H and O–H groups in total. The maximum Gasteiger partial charge on any atom is 0.193 e. The van der Waals surface area contributed by atoms with E-state index in [0.29, 0.717) is 11.2 Å². The third kappa shape index (κ3) is 2.79. The van der Waals surface area contributed by atoms with Crippen molar-refractivity contribution in [3.05, 3.63) is 11.3 Å². The van der Waals surface area contributed by atoms with Crippen LogP contribution in [0.25, 0.3) is 0 Å². The number of nitrogens with one attached hydrogen (secondary N) is 1. The first-order valence-corrected chi connectivity index (χ1v) is 8.52. The number of rotatable bonds is 2. The van der Waals surface area contributed by atoms with Crippen LogP contribution in [0, 0.1) is 0 Å². The van der Waals surface area contributed by atoms with Gasteiger partial charge in [0.1, 0.15) is 5.82 Å². The first-order valence-electron chi connectivity index (χ1n) is 8.12. The van der Waals surface area contributed by atoms with Crippen molar-refractivity contribution in [3.63, 3.8) is 0 Å². The molecule has 1 atom stereocenters. The molecule has 1 saturated heterocycles. The topological polar surface area (TPSA) is 59.1 Å². The van der Waals surface area contributed by atoms with E-state index in [1.54, 1.807) is 4.68 Å². The summed E-state index contributed by atoms with van der Waals surface area (Å²) in [5, 5.41) is 8.62. The number of hydrogen-bond acceptors (Lipinski definition) is 4. The molecule has 0 saturated carbocycles. The van der Waals surface area contributed by atoms with Gasteiger partial charge in [0.15, 0.2) is 5.11 Å². The summed E-state index contributed by atoms with van der Waals surface area (Å²) >= 11 is 5.19. The Bertz CT molecular complexity index is 524. The average Bonchev–Trinajstić information content (AvgIpc) is 2.69. The van der Waals surface area contributed by atoms with Gasteiger partial charge in [0.2, 0.25) is 0 Å². The maximum absolute atomic E-state index is 5.88. The summed E-state index contributed by atoms with van der Waals surface area (Å²) in [4.78, 5) is 2.54. The molecule has 1 aromatic rings. The number of thiocarbonyl (C=S) groups is 1. The lowest BCUT2D eigenvalue weighted by Crippen LogP contribution is -2.34. The smallest absolute Gasteiger partial charge is 0.193 e. The highest BCUT2D eigenvalue weighted by molar-refractivity contribution is 7.80. The molecule has 6 heteroatoms. The van der Waals surface area contributed by atoms with Gasteiger partial charge >= 0.3 is 0 Å². The lowest BCUT2D eigenvalue weighted by Gasteiger charge is -2.34. The molecule has 0 spiro atoms. The number of fused-ring (bicyclic) bond motifs is 1. The van der Waals surface area contributed by atoms with Crippen LogP contribution < -0.4 is 11.1 Å². The molecule has 5 nitrogen and oxygen atoms in total. The number of nitrogens with two attached hydrogens (primary N) is 1. The van der Waals surface area contributed by atoms with Gasteiger partial charge in [0.05, 0.1) is 11.7 Å². The summed E-state index contributed by atoms with van der Waals surface area (Å²) in [6.45, 7) is 5.46. The number of likely N-dealkylation sites (tertiary alicyclic amines) is 1. The van der Waals surface area contributed by atoms with Gasteiger partial charge in [-0.3, -0.25) is 4.90 Å². The van der Waals surface area contributed by atoms with Crippen molar-refractivity contribution >= 4 is 23.1 Å². The van der Waals surface area contributed by atoms with Gasteiger partial charge in [-0.15, -0.1) is 0 Å². The minimum Gasteiger partial charge on any atom is -0.374 e. The standard InChI is InChI=1S/C15H25N5S/c1-2-19-10-6-4-8-12(19)13-11-7-3-5-9-17-14(11)20(18-13)15(16)21/h12,17H,2-10H2,1H3,(H2,16,21). The predicted molar refractivity (Wildman–Crippen MR) is 89.7 cm³/mol. The second kappa shape index (κ2) is 6.32. The van der Waals surface area contributed by atoms with Crippen LogP contribution in [-0.2, 0) is 6.42 Å². The zero-order valence-corrected chi connectivity index (χ0v) is 13.6. The molecule has 0 amide bonds. The molecule has 2 aliphatic rings. The van der Waals surface area contributed by atoms with Gasteiger partial charge in [0.25, 0.3) is 0 Å². The van der Waals surface area contributed by atoms with Crippen LogP contribution in [0.15, 0.2) is 0 Å². The van der Waals surface area contributed by atoms with Crippen LogP contribution in [0.3, 0.4) is 0 Å². The van der Waals surface area contributed by atoms with Crippen LogP contribution >= 0.6 is 12.2 Å². The monoisotopic (exact) mass is 307 g/mol. The number of piperidine rings is 1. The SMILES string of the molecule is CCN1CCCCC1c1nn(C(N)=S)c2c1CCCCN2. The molecule has 1 fully saturated rings. The van der Waals surface area contributed by atoms with Gasteiger partial charge in [0, 0.05) is 12.1 Å². The number of aromatic nitrogens is 2. The molecule has 21 heavy (non-hydrogen) atoms. The van der Waals surface area contributed by atoms with Crippen molar-refractivity contribution in [3.8, 4) is 0 Å². The van der Waals surface area contributed by atoms with Crippen LogP contribution in [0.1, 0.15) is 56.3 Å². The molecule has 2 aliphatic heterocycles. The van der Waals surface area contributed by atoms with Crippen LogP contribution in [0.5, 0.6) is 0 Å². The average molecular weight is 307 g/mol. The van der Waals surface area contributed by atoms with Crippen molar-refractivity contribution in [2.75, 3.05) is 25.0 Å². The van der Waals surface area contributed by atoms with Gasteiger partial charge in [-0.25, -0.2) is 0 Å². The van der Waals surface area contributed by atoms with E-state index in [2.05, 4.69) is 17.1 Å². The normalized spacial score (nSPS) is 23.2. The van der Waals surface area contributed by atoms with Crippen molar-refractivity contribution in [1.82, 2.24) is 14.7 Å². The highest BCUT2D eigenvalue weighted by atomic mass is 32.1. The molecule has 0 radical (unpaired) electrons. The van der Waals surface area contributed by atoms with Gasteiger partial charge in [-0.05, 0) is 57.4 Å². The molecule has 116 valence electrons. The van der Waals surface area contributed by atoms with Crippen LogP contribution in [0.2, 0.25) is 0 Å². The van der Waals surface area contributed by atoms with E-state index in [0.717, 1.165) is 25.3 Å². The largest absolute Gasteiger partial charge is 0.374 e. The molecule has 1 unspecified atom stereocenters. The fourth-order valence-electron chi connectivity index (χ4n) is 3.64. The molecular formula is C15H25N5S. The Balaban J connectivity index is 2.03. The van der Waals surface area contributed by atoms with Gasteiger partial charge in [-0.1, -0.05) is 13.3 Å². The summed E-state index contributed by atoms with van der Waals surface area (Å²) in [5.41, 5.74) is 8.42. The molecule has 0 aromatic carbocycles. The first-order chi connectivity index (χ1) is 10.2. The third-order valence-electron chi connectivity index (χ3n) is 4.70. The van der Waals surface area contributed by atoms with E-state index < -0.39 is 0 Å². The Labute approximate surface area is 131 Å². The van der Waals surface area contributed by atoms with E-state index >= 15 is 0 Å². The number of nitrogens with zero attached hydrogens (tertiary/aromatic N) is 3. The first kappa shape index (κ1) is 14.8. The van der Waals surface area contributed by atoms with Crippen LogP contribution in [0.4, 0.5) is 5.82 Å². The Kier molecular flexibility index (Phi) is 4.45. The summed E-state index contributed by atoms with van der Waals surface area (Å²) in [6.07, 6.45) is 7.23. The predicted octanol–water partition coefficient (Wildman–Crippen LogP) is 2.27. The summed E-state index contributed by atoms with van der Waals surface area (Å²) < 4.78 is 1.74. The molecular weight excluding hydrogens is 282 g/mol.